The normalized spacial score (nSPS) is 18.3. The fraction of sp³-hybridized carbons (Fsp3) is 0.438. The average molecular weight is 337 g/mol. The number of aryl methyl sites for hydroxylation is 1. The zero-order valence-corrected chi connectivity index (χ0v) is 13.8. The van der Waals surface area contributed by atoms with E-state index in [1.807, 2.05) is 0 Å². The summed E-state index contributed by atoms with van der Waals surface area (Å²) in [5.41, 5.74) is 0. The fourth-order valence-electron chi connectivity index (χ4n) is 2.69. The molecular weight excluding hydrogens is 316 g/mol. The lowest BCUT2D eigenvalue weighted by Gasteiger charge is -2.22. The minimum absolute atomic E-state index is 0.234. The number of nitrogens with one attached hydrogen (secondary N) is 1. The highest BCUT2D eigenvalue weighted by atomic mass is 32.3. The largest absolute Gasteiger partial charge is 0.490 e. The highest BCUT2D eigenvalue weighted by Crippen LogP contribution is 2.26. The van der Waals surface area contributed by atoms with Crippen molar-refractivity contribution >= 4 is 16.2 Å². The molecule has 7 heteroatoms. The summed E-state index contributed by atoms with van der Waals surface area (Å²) in [6.07, 6.45) is 6.09. The van der Waals surface area contributed by atoms with Gasteiger partial charge in [-0.25, -0.2) is 0 Å². The molecule has 6 nitrogen and oxygen atoms in total. The lowest BCUT2D eigenvalue weighted by atomic mass is 9.98. The van der Waals surface area contributed by atoms with E-state index in [2.05, 4.69) is 9.88 Å². The summed E-state index contributed by atoms with van der Waals surface area (Å²) in [7, 11) is -3.43. The Morgan fingerprint density at radius 1 is 1.26 bits per heavy atom. The standard InChI is InChI=1S/C16H20N2O4S/c1-12-11-16(17-22-12)18-23(19,20)15-9-7-14(8-10-15)21-13-5-3-2-4-6-13/h7-11,13H,2-6H2,1H3,(H-,17,18,19,20)/p+1. The van der Waals surface area contributed by atoms with Crippen molar-refractivity contribution in [1.29, 1.82) is 0 Å². The van der Waals surface area contributed by atoms with Crippen LogP contribution in [0, 0.1) is 6.92 Å². The number of ether oxygens (including phenoxy) is 1. The Morgan fingerprint density at radius 2 is 1.96 bits per heavy atom. The van der Waals surface area contributed by atoms with Gasteiger partial charge in [0.1, 0.15) is 11.5 Å². The third-order valence-corrected chi connectivity index (χ3v) is 5.27. The van der Waals surface area contributed by atoms with E-state index in [0.29, 0.717) is 5.76 Å². The third kappa shape index (κ3) is 4.11. The first-order chi connectivity index (χ1) is 11.0. The molecule has 1 aliphatic rings. The predicted molar refractivity (Wildman–Crippen MR) is 87.8 cm³/mol. The molecule has 0 radical (unpaired) electrons. The summed E-state index contributed by atoms with van der Waals surface area (Å²) in [5, 5.41) is 3.67. The predicted octanol–water partition coefficient (Wildman–Crippen LogP) is 4.05. The third-order valence-electron chi connectivity index (χ3n) is 3.87. The van der Waals surface area contributed by atoms with E-state index in [1.165, 1.54) is 19.3 Å². The molecule has 23 heavy (non-hydrogen) atoms. The lowest BCUT2D eigenvalue weighted by Crippen LogP contribution is -2.21. The molecule has 1 fully saturated rings. The van der Waals surface area contributed by atoms with Gasteiger partial charge in [-0.05, 0) is 48.9 Å². The average Bonchev–Trinajstić information content (AvgIpc) is 2.93. The minimum Gasteiger partial charge on any atom is -0.490 e. The summed E-state index contributed by atoms with van der Waals surface area (Å²) >= 11 is 0. The molecule has 1 unspecified atom stereocenters. The van der Waals surface area contributed by atoms with Crippen molar-refractivity contribution in [1.82, 2.24) is 5.16 Å². The van der Waals surface area contributed by atoms with Crippen LogP contribution in [-0.2, 0) is 14.6 Å². The second-order valence-electron chi connectivity index (χ2n) is 5.80. The van der Waals surface area contributed by atoms with Crippen molar-refractivity contribution < 1.29 is 18.0 Å². The summed E-state index contributed by atoms with van der Waals surface area (Å²) in [5.74, 6) is 1.53. The van der Waals surface area contributed by atoms with Crippen LogP contribution >= 0.6 is 0 Å². The summed E-state index contributed by atoms with van der Waals surface area (Å²) in [4.78, 5) is 0.272. The van der Waals surface area contributed by atoms with Crippen LogP contribution in [-0.4, -0.2) is 15.8 Å². The molecule has 0 amide bonds. The van der Waals surface area contributed by atoms with Crippen molar-refractivity contribution in [3.05, 3.63) is 36.1 Å². The van der Waals surface area contributed by atoms with E-state index >= 15 is 0 Å². The van der Waals surface area contributed by atoms with Crippen molar-refractivity contribution in [3.8, 4) is 5.75 Å². The van der Waals surface area contributed by atoms with Gasteiger partial charge in [0.25, 0.3) is 0 Å². The highest BCUT2D eigenvalue weighted by Gasteiger charge is 2.31. The van der Waals surface area contributed by atoms with Gasteiger partial charge in [0.15, 0.2) is 0 Å². The van der Waals surface area contributed by atoms with Gasteiger partial charge >= 0.3 is 10.4 Å². The van der Waals surface area contributed by atoms with Crippen LogP contribution in [0.25, 0.3) is 0 Å². The van der Waals surface area contributed by atoms with Crippen molar-refractivity contribution in [3.63, 3.8) is 0 Å². The molecule has 2 aromatic rings. The summed E-state index contributed by atoms with van der Waals surface area (Å²) in [6.45, 7) is 1.72. The van der Waals surface area contributed by atoms with Gasteiger partial charge in [-0.15, -0.1) is 0 Å². The Kier molecular flexibility index (Phi) is 4.68. The molecule has 0 saturated heterocycles. The van der Waals surface area contributed by atoms with Crippen LogP contribution < -0.4 is 9.46 Å². The Balaban J connectivity index is 1.66. The van der Waals surface area contributed by atoms with Crippen molar-refractivity contribution in [2.24, 2.45) is 0 Å². The van der Waals surface area contributed by atoms with E-state index in [9.17, 15) is 8.76 Å². The first-order valence-electron chi connectivity index (χ1n) is 7.77. The van der Waals surface area contributed by atoms with E-state index < -0.39 is 10.4 Å². The second-order valence-corrected chi connectivity index (χ2v) is 7.53. The Hall–Kier alpha value is -1.86. The van der Waals surface area contributed by atoms with Crippen LogP contribution in [0.2, 0.25) is 0 Å². The van der Waals surface area contributed by atoms with Gasteiger partial charge < -0.3 is 9.26 Å². The fourth-order valence-corrected chi connectivity index (χ4v) is 3.70. The van der Waals surface area contributed by atoms with Crippen molar-refractivity contribution in [2.75, 3.05) is 4.72 Å². The maximum Gasteiger partial charge on any atom is 0.347 e. The van der Waals surface area contributed by atoms with Crippen LogP contribution in [0.1, 0.15) is 37.9 Å². The van der Waals surface area contributed by atoms with Gasteiger partial charge in [-0.3, -0.25) is 0 Å². The molecule has 1 aromatic carbocycles. The molecule has 0 bridgehead atoms. The van der Waals surface area contributed by atoms with Gasteiger partial charge in [0, 0.05) is 18.2 Å². The molecule has 1 saturated carbocycles. The number of aromatic nitrogens is 1. The molecule has 124 valence electrons. The minimum atomic E-state index is -3.43. The zero-order valence-electron chi connectivity index (χ0n) is 13.0. The summed E-state index contributed by atoms with van der Waals surface area (Å²) in [6, 6.07) is 8.22. The molecule has 0 spiro atoms. The molecule has 3 rings (SSSR count). The van der Waals surface area contributed by atoms with Crippen LogP contribution in [0.5, 0.6) is 5.75 Å². The van der Waals surface area contributed by atoms with Gasteiger partial charge in [0.05, 0.1) is 6.10 Å². The number of hydrogen-bond donors (Lipinski definition) is 2. The Morgan fingerprint density at radius 3 is 2.57 bits per heavy atom. The van der Waals surface area contributed by atoms with Gasteiger partial charge in [-0.1, -0.05) is 11.6 Å². The number of nitrogens with zero attached hydrogens (tertiary/aromatic N) is 1. The first kappa shape index (κ1) is 16.0. The SMILES string of the molecule is Cc1cc(N[S+](=O)(O)c2ccc(OC3CCCCC3)cc2)no1. The van der Waals surface area contributed by atoms with E-state index in [-0.39, 0.29) is 16.8 Å². The maximum absolute atomic E-state index is 12.4. The maximum atomic E-state index is 12.4. The number of hydrogen-bond acceptors (Lipinski definition) is 4. The molecule has 1 aliphatic carbocycles. The van der Waals surface area contributed by atoms with Crippen molar-refractivity contribution in [2.45, 2.75) is 50.0 Å². The quantitative estimate of drug-likeness (QED) is 0.804. The number of rotatable bonds is 5. The summed E-state index contributed by atoms with van der Waals surface area (Å²) < 4.78 is 35.8. The molecular formula is C16H21N2O4S+. The van der Waals surface area contributed by atoms with Crippen LogP contribution in [0.15, 0.2) is 39.8 Å². The first-order valence-corrected chi connectivity index (χ1v) is 9.29. The smallest absolute Gasteiger partial charge is 0.347 e. The highest BCUT2D eigenvalue weighted by molar-refractivity contribution is 7.99. The van der Waals surface area contributed by atoms with E-state index in [1.54, 1.807) is 37.3 Å². The van der Waals surface area contributed by atoms with E-state index in [0.717, 1.165) is 18.6 Å². The topological polar surface area (TPSA) is 84.6 Å². The van der Waals surface area contributed by atoms with E-state index in [4.69, 9.17) is 9.26 Å². The lowest BCUT2D eigenvalue weighted by molar-refractivity contribution is 0.155. The van der Waals surface area contributed by atoms with Gasteiger partial charge in [0.2, 0.25) is 10.7 Å². The monoisotopic (exact) mass is 337 g/mol. The Labute approximate surface area is 136 Å². The molecule has 2 N–H and O–H groups in total. The molecule has 0 aliphatic heterocycles. The molecule has 1 heterocycles. The second kappa shape index (κ2) is 6.72. The van der Waals surface area contributed by atoms with Crippen LogP contribution in [0.4, 0.5) is 5.82 Å². The molecule has 1 atom stereocenters. The number of benzene rings is 1. The zero-order chi connectivity index (χ0) is 16.3. The number of anilines is 1. The van der Waals surface area contributed by atoms with Crippen LogP contribution in [0.3, 0.4) is 0 Å². The Bertz CT molecular complexity index is 692. The molecule has 1 aromatic heterocycles. The van der Waals surface area contributed by atoms with Gasteiger partial charge in [-0.2, -0.15) is 9.27 Å².